The van der Waals surface area contributed by atoms with E-state index >= 15 is 0 Å². The zero-order valence-corrected chi connectivity index (χ0v) is 14.5. The van der Waals surface area contributed by atoms with Crippen LogP contribution < -0.4 is 14.8 Å². The molecule has 0 aromatic heterocycles. The molecule has 0 heterocycles. The second-order valence-corrected chi connectivity index (χ2v) is 6.39. The van der Waals surface area contributed by atoms with Crippen LogP contribution in [0.3, 0.4) is 0 Å². The molecule has 1 saturated carbocycles. The summed E-state index contributed by atoms with van der Waals surface area (Å²) in [5.41, 5.74) is 1.96. The summed E-state index contributed by atoms with van der Waals surface area (Å²) in [6.07, 6.45) is 2.47. The molecule has 0 radical (unpaired) electrons. The number of anilines is 1. The van der Waals surface area contributed by atoms with Crippen LogP contribution in [0.15, 0.2) is 42.5 Å². The maximum Gasteiger partial charge on any atom is 0.341 e. The van der Waals surface area contributed by atoms with Crippen LogP contribution in [0, 0.1) is 12.8 Å². The van der Waals surface area contributed by atoms with E-state index in [9.17, 15) is 9.59 Å². The molecule has 0 aliphatic heterocycles. The Morgan fingerprint density at radius 3 is 2.38 bits per heavy atom. The average Bonchev–Trinajstić information content (AvgIpc) is 3.45. The molecule has 136 valence electrons. The molecule has 0 spiro atoms. The lowest BCUT2D eigenvalue weighted by molar-refractivity contribution is -0.139. The number of aryl methyl sites for hydroxylation is 1. The number of benzene rings is 2. The Kier molecular flexibility index (Phi) is 5.41. The van der Waals surface area contributed by atoms with Crippen molar-refractivity contribution in [3.63, 3.8) is 0 Å². The van der Waals surface area contributed by atoms with Crippen molar-refractivity contribution < 1.29 is 24.2 Å². The summed E-state index contributed by atoms with van der Waals surface area (Å²) >= 11 is 0. The van der Waals surface area contributed by atoms with Crippen LogP contribution in [0.2, 0.25) is 0 Å². The summed E-state index contributed by atoms with van der Waals surface area (Å²) in [7, 11) is 0. The number of carboxylic acids is 1. The minimum Gasteiger partial charge on any atom is -0.493 e. The van der Waals surface area contributed by atoms with Crippen LogP contribution in [-0.4, -0.2) is 30.2 Å². The molecule has 1 aliphatic carbocycles. The highest BCUT2D eigenvalue weighted by Crippen LogP contribution is 2.29. The van der Waals surface area contributed by atoms with E-state index in [-0.39, 0.29) is 5.91 Å². The van der Waals surface area contributed by atoms with Crippen molar-refractivity contribution in [2.75, 3.05) is 18.5 Å². The summed E-state index contributed by atoms with van der Waals surface area (Å²) in [5.74, 6) is 0.638. The van der Waals surface area contributed by atoms with Gasteiger partial charge in [-0.25, -0.2) is 4.79 Å². The molecule has 6 nitrogen and oxygen atoms in total. The van der Waals surface area contributed by atoms with Gasteiger partial charge in [-0.1, -0.05) is 0 Å². The monoisotopic (exact) mass is 355 g/mol. The smallest absolute Gasteiger partial charge is 0.341 e. The first-order valence-electron chi connectivity index (χ1n) is 8.51. The van der Waals surface area contributed by atoms with Gasteiger partial charge >= 0.3 is 5.97 Å². The molecule has 1 aliphatic rings. The minimum absolute atomic E-state index is 0.221. The Bertz CT molecular complexity index is 796. The SMILES string of the molecule is Cc1cc(OCC(=O)O)ccc1NC(=O)c1ccc(OCC2CC2)cc1. The van der Waals surface area contributed by atoms with Crippen molar-refractivity contribution in [2.45, 2.75) is 19.8 Å². The number of ether oxygens (including phenoxy) is 2. The van der Waals surface area contributed by atoms with Crippen molar-refractivity contribution in [2.24, 2.45) is 5.92 Å². The Balaban J connectivity index is 1.58. The molecule has 1 amide bonds. The summed E-state index contributed by atoms with van der Waals surface area (Å²) in [6, 6.07) is 12.1. The summed E-state index contributed by atoms with van der Waals surface area (Å²) < 4.78 is 10.8. The molecule has 0 saturated heterocycles. The molecule has 2 N–H and O–H groups in total. The number of aliphatic carboxylic acids is 1. The highest BCUT2D eigenvalue weighted by molar-refractivity contribution is 6.04. The first kappa shape index (κ1) is 17.8. The topological polar surface area (TPSA) is 84.9 Å². The maximum absolute atomic E-state index is 12.4. The molecule has 3 rings (SSSR count). The van der Waals surface area contributed by atoms with E-state index in [1.165, 1.54) is 12.8 Å². The van der Waals surface area contributed by atoms with E-state index in [0.717, 1.165) is 17.9 Å². The number of carboxylic acid groups (broad SMARTS) is 1. The predicted molar refractivity (Wildman–Crippen MR) is 96.9 cm³/mol. The lowest BCUT2D eigenvalue weighted by atomic mass is 10.1. The lowest BCUT2D eigenvalue weighted by Gasteiger charge is -2.11. The van der Waals surface area contributed by atoms with Gasteiger partial charge in [0, 0.05) is 11.3 Å². The third-order valence-electron chi connectivity index (χ3n) is 4.11. The Labute approximate surface area is 151 Å². The molecular weight excluding hydrogens is 334 g/mol. The van der Waals surface area contributed by atoms with Crippen LogP contribution in [0.4, 0.5) is 5.69 Å². The number of nitrogens with one attached hydrogen (secondary N) is 1. The van der Waals surface area contributed by atoms with Crippen molar-refractivity contribution >= 4 is 17.6 Å². The van der Waals surface area contributed by atoms with E-state index in [1.807, 2.05) is 6.92 Å². The number of rotatable bonds is 8. The first-order chi connectivity index (χ1) is 12.5. The van der Waals surface area contributed by atoms with Crippen LogP contribution in [0.25, 0.3) is 0 Å². The molecular formula is C20H21NO5. The third kappa shape index (κ3) is 4.99. The first-order valence-corrected chi connectivity index (χ1v) is 8.51. The molecule has 1 fully saturated rings. The number of carbonyl (C=O) groups excluding carboxylic acids is 1. The van der Waals surface area contributed by atoms with Gasteiger partial charge in [0.15, 0.2) is 6.61 Å². The van der Waals surface area contributed by atoms with Gasteiger partial charge in [-0.05, 0) is 73.7 Å². The largest absolute Gasteiger partial charge is 0.493 e. The van der Waals surface area contributed by atoms with Crippen molar-refractivity contribution in [3.8, 4) is 11.5 Å². The Morgan fingerprint density at radius 2 is 1.77 bits per heavy atom. The molecule has 0 atom stereocenters. The van der Waals surface area contributed by atoms with Gasteiger partial charge in [0.25, 0.3) is 5.91 Å². The van der Waals surface area contributed by atoms with Crippen molar-refractivity contribution in [1.82, 2.24) is 0 Å². The van der Waals surface area contributed by atoms with E-state index in [0.29, 0.717) is 22.9 Å². The van der Waals surface area contributed by atoms with Crippen LogP contribution in [0.5, 0.6) is 11.5 Å². The normalized spacial score (nSPS) is 13.1. The summed E-state index contributed by atoms with van der Waals surface area (Å²) in [5, 5.41) is 11.5. The molecule has 0 unspecified atom stereocenters. The highest BCUT2D eigenvalue weighted by atomic mass is 16.5. The molecule has 6 heteroatoms. The fraction of sp³-hybridized carbons (Fsp3) is 0.300. The third-order valence-corrected chi connectivity index (χ3v) is 4.11. The standard InChI is InChI=1S/C20H21NO5/c1-13-10-17(26-12-19(22)23)8-9-18(13)21-20(24)15-4-6-16(7-5-15)25-11-14-2-3-14/h4-10,14H,2-3,11-12H2,1H3,(H,21,24)(H,22,23). The van der Waals surface area contributed by atoms with E-state index in [2.05, 4.69) is 5.32 Å². The van der Waals surface area contributed by atoms with Gasteiger partial charge in [0.05, 0.1) is 6.61 Å². The lowest BCUT2D eigenvalue weighted by Crippen LogP contribution is -2.13. The number of hydrogen-bond donors (Lipinski definition) is 2. The van der Waals surface area contributed by atoms with Crippen molar-refractivity contribution in [3.05, 3.63) is 53.6 Å². The zero-order chi connectivity index (χ0) is 18.5. The molecule has 0 bridgehead atoms. The van der Waals surface area contributed by atoms with Crippen LogP contribution in [-0.2, 0) is 4.79 Å². The minimum atomic E-state index is -1.04. The number of hydrogen-bond acceptors (Lipinski definition) is 4. The van der Waals surface area contributed by atoms with Crippen molar-refractivity contribution in [1.29, 1.82) is 0 Å². The van der Waals surface area contributed by atoms with Gasteiger partial charge in [-0.15, -0.1) is 0 Å². The van der Waals surface area contributed by atoms with Gasteiger partial charge in [0.2, 0.25) is 0 Å². The Hall–Kier alpha value is -3.02. The van der Waals surface area contributed by atoms with E-state index < -0.39 is 12.6 Å². The van der Waals surface area contributed by atoms with E-state index in [4.69, 9.17) is 14.6 Å². The number of carbonyl (C=O) groups is 2. The summed E-state index contributed by atoms with van der Waals surface area (Å²) in [4.78, 5) is 22.9. The molecule has 2 aromatic carbocycles. The summed E-state index contributed by atoms with van der Waals surface area (Å²) in [6.45, 7) is 2.15. The average molecular weight is 355 g/mol. The van der Waals surface area contributed by atoms with Gasteiger partial charge in [-0.2, -0.15) is 0 Å². The van der Waals surface area contributed by atoms with Gasteiger partial charge in [0.1, 0.15) is 11.5 Å². The number of amides is 1. The highest BCUT2D eigenvalue weighted by Gasteiger charge is 2.21. The van der Waals surface area contributed by atoms with E-state index in [1.54, 1.807) is 42.5 Å². The van der Waals surface area contributed by atoms with Crippen LogP contribution in [0.1, 0.15) is 28.8 Å². The Morgan fingerprint density at radius 1 is 1.08 bits per heavy atom. The second-order valence-electron chi connectivity index (χ2n) is 6.39. The maximum atomic E-state index is 12.4. The van der Waals surface area contributed by atoms with Gasteiger partial charge < -0.3 is 19.9 Å². The van der Waals surface area contributed by atoms with Gasteiger partial charge in [-0.3, -0.25) is 4.79 Å². The fourth-order valence-electron chi connectivity index (χ4n) is 2.41. The quantitative estimate of drug-likeness (QED) is 0.757. The fourth-order valence-corrected chi connectivity index (χ4v) is 2.41. The van der Waals surface area contributed by atoms with Crippen LogP contribution >= 0.6 is 0 Å². The molecule has 2 aromatic rings. The predicted octanol–water partition coefficient (Wildman–Crippen LogP) is 3.50. The zero-order valence-electron chi connectivity index (χ0n) is 14.5. The molecule has 26 heavy (non-hydrogen) atoms. The second kappa shape index (κ2) is 7.91.